The normalized spacial score (nSPS) is 14.4. The molecule has 1 aliphatic rings. The molecule has 2 rings (SSSR count). The van der Waals surface area contributed by atoms with Crippen LogP contribution in [0.5, 0.6) is 5.75 Å². The molecule has 1 aliphatic heterocycles. The zero-order valence-corrected chi connectivity index (χ0v) is 8.80. The van der Waals surface area contributed by atoms with Crippen LogP contribution < -0.4 is 10.1 Å². The highest BCUT2D eigenvalue weighted by Crippen LogP contribution is 2.44. The third-order valence-electron chi connectivity index (χ3n) is 1.78. The lowest BCUT2D eigenvalue weighted by Crippen LogP contribution is -2.18. The van der Waals surface area contributed by atoms with Crippen LogP contribution >= 0.6 is 34.8 Å². The van der Waals surface area contributed by atoms with Gasteiger partial charge in [-0.1, -0.05) is 34.8 Å². The lowest BCUT2D eigenvalue weighted by atomic mass is 10.2. The van der Waals surface area contributed by atoms with Crippen molar-refractivity contribution < 1.29 is 4.74 Å². The average Bonchev–Trinajstić information content (AvgIpc) is 2.15. The summed E-state index contributed by atoms with van der Waals surface area (Å²) < 4.78 is 5.35. The molecule has 1 heterocycles. The molecule has 0 aromatic heterocycles. The predicted octanol–water partition coefficient (Wildman–Crippen LogP) is 3.45. The first-order valence-corrected chi connectivity index (χ1v) is 4.87. The predicted molar refractivity (Wildman–Crippen MR) is 55.5 cm³/mol. The summed E-state index contributed by atoms with van der Waals surface area (Å²) in [6.07, 6.45) is 0. The molecule has 13 heavy (non-hydrogen) atoms. The number of fused-ring (bicyclic) bond motifs is 1. The molecule has 0 amide bonds. The summed E-state index contributed by atoms with van der Waals surface area (Å²) in [5.41, 5.74) is 0.686. The number of halogens is 3. The number of anilines is 1. The van der Waals surface area contributed by atoms with E-state index in [0.29, 0.717) is 39.7 Å². The molecule has 0 spiro atoms. The van der Waals surface area contributed by atoms with Crippen LogP contribution in [0.4, 0.5) is 5.69 Å². The van der Waals surface area contributed by atoms with Crippen molar-refractivity contribution >= 4 is 40.5 Å². The fraction of sp³-hybridized carbons (Fsp3) is 0.250. The molecule has 70 valence electrons. The van der Waals surface area contributed by atoms with Crippen molar-refractivity contribution in [2.75, 3.05) is 18.5 Å². The monoisotopic (exact) mass is 237 g/mol. The summed E-state index contributed by atoms with van der Waals surface area (Å²) >= 11 is 17.7. The molecule has 0 unspecified atom stereocenters. The Labute approximate surface area is 90.7 Å². The first kappa shape index (κ1) is 9.25. The Kier molecular flexibility index (Phi) is 2.45. The molecule has 0 aliphatic carbocycles. The average molecular weight is 239 g/mol. The molecule has 0 saturated heterocycles. The maximum atomic E-state index is 5.95. The van der Waals surface area contributed by atoms with Gasteiger partial charge in [0.2, 0.25) is 0 Å². The van der Waals surface area contributed by atoms with Crippen molar-refractivity contribution in [3.8, 4) is 5.75 Å². The first-order chi connectivity index (χ1) is 6.20. The summed E-state index contributed by atoms with van der Waals surface area (Å²) in [5.74, 6) is 0.585. The maximum Gasteiger partial charge on any atom is 0.162 e. The highest BCUT2D eigenvalue weighted by molar-refractivity contribution is 6.45. The van der Waals surface area contributed by atoms with Crippen molar-refractivity contribution in [3.05, 3.63) is 21.1 Å². The Hall–Kier alpha value is -0.310. The second kappa shape index (κ2) is 3.45. The van der Waals surface area contributed by atoms with Gasteiger partial charge in [-0.3, -0.25) is 0 Å². The SMILES string of the molecule is Clc1cc(Cl)c2c(c1Cl)NCCO2. The number of nitrogens with one attached hydrogen (secondary N) is 1. The summed E-state index contributed by atoms with van der Waals surface area (Å²) in [6.45, 7) is 1.30. The third kappa shape index (κ3) is 1.54. The second-order valence-corrected chi connectivity index (χ2v) is 3.83. The number of rotatable bonds is 0. The Balaban J connectivity index is 2.63. The fourth-order valence-electron chi connectivity index (χ4n) is 1.21. The standard InChI is InChI=1S/C8H6Cl3NO/c9-4-3-5(10)8-7(6(4)11)12-1-2-13-8/h3,12H,1-2H2. The second-order valence-electron chi connectivity index (χ2n) is 2.63. The number of ether oxygens (including phenoxy) is 1. The zero-order chi connectivity index (χ0) is 9.42. The van der Waals surface area contributed by atoms with Gasteiger partial charge in [0.25, 0.3) is 0 Å². The van der Waals surface area contributed by atoms with Gasteiger partial charge in [0, 0.05) is 6.54 Å². The highest BCUT2D eigenvalue weighted by atomic mass is 35.5. The number of hydrogen-bond acceptors (Lipinski definition) is 2. The zero-order valence-electron chi connectivity index (χ0n) is 6.53. The Morgan fingerprint density at radius 3 is 2.77 bits per heavy atom. The van der Waals surface area contributed by atoms with E-state index in [9.17, 15) is 0 Å². The van der Waals surface area contributed by atoms with Gasteiger partial charge in [-0.25, -0.2) is 0 Å². The largest absolute Gasteiger partial charge is 0.488 e. The van der Waals surface area contributed by atoms with Gasteiger partial charge < -0.3 is 10.1 Å². The minimum Gasteiger partial charge on any atom is -0.488 e. The molecule has 0 saturated carbocycles. The van der Waals surface area contributed by atoms with Crippen molar-refractivity contribution in [1.29, 1.82) is 0 Å². The lowest BCUT2D eigenvalue weighted by Gasteiger charge is -2.21. The van der Waals surface area contributed by atoms with Crippen LogP contribution in [-0.2, 0) is 0 Å². The van der Waals surface area contributed by atoms with Crippen LogP contribution in [0.1, 0.15) is 0 Å². The van der Waals surface area contributed by atoms with E-state index in [1.165, 1.54) is 0 Å². The van der Waals surface area contributed by atoms with Gasteiger partial charge in [0.05, 0.1) is 20.8 Å². The van der Waals surface area contributed by atoms with Gasteiger partial charge in [-0.2, -0.15) is 0 Å². The molecule has 0 radical (unpaired) electrons. The highest BCUT2D eigenvalue weighted by Gasteiger charge is 2.19. The third-order valence-corrected chi connectivity index (χ3v) is 2.84. The number of hydrogen-bond donors (Lipinski definition) is 1. The topological polar surface area (TPSA) is 21.3 Å². The van der Waals surface area contributed by atoms with Crippen molar-refractivity contribution in [1.82, 2.24) is 0 Å². The minimum absolute atomic E-state index is 0.434. The smallest absolute Gasteiger partial charge is 0.162 e. The summed E-state index contributed by atoms with van der Waals surface area (Å²) in [5, 5.41) is 4.46. The fourth-order valence-corrected chi connectivity index (χ4v) is 1.93. The van der Waals surface area contributed by atoms with Gasteiger partial charge in [-0.05, 0) is 6.07 Å². The molecule has 0 fully saturated rings. The van der Waals surface area contributed by atoms with E-state index < -0.39 is 0 Å². The van der Waals surface area contributed by atoms with Gasteiger partial charge >= 0.3 is 0 Å². The van der Waals surface area contributed by atoms with E-state index in [4.69, 9.17) is 39.5 Å². The molecule has 0 atom stereocenters. The van der Waals surface area contributed by atoms with Crippen molar-refractivity contribution in [2.24, 2.45) is 0 Å². The molecule has 5 heteroatoms. The quantitative estimate of drug-likeness (QED) is 0.699. The van der Waals surface area contributed by atoms with Crippen LogP contribution in [0.2, 0.25) is 15.1 Å². The van der Waals surface area contributed by atoms with Crippen LogP contribution in [0, 0.1) is 0 Å². The molecule has 1 aromatic rings. The van der Waals surface area contributed by atoms with Gasteiger partial charge in [-0.15, -0.1) is 0 Å². The molecule has 1 aromatic carbocycles. The van der Waals surface area contributed by atoms with Crippen LogP contribution in [0.3, 0.4) is 0 Å². The summed E-state index contributed by atoms with van der Waals surface area (Å²) in [7, 11) is 0. The van der Waals surface area contributed by atoms with E-state index >= 15 is 0 Å². The summed E-state index contributed by atoms with van der Waals surface area (Å²) in [6, 6.07) is 1.58. The van der Waals surface area contributed by atoms with E-state index in [-0.39, 0.29) is 0 Å². The maximum absolute atomic E-state index is 5.95. The minimum atomic E-state index is 0.434. The van der Waals surface area contributed by atoms with Crippen molar-refractivity contribution in [2.45, 2.75) is 0 Å². The van der Waals surface area contributed by atoms with Crippen molar-refractivity contribution in [3.63, 3.8) is 0 Å². The van der Waals surface area contributed by atoms with E-state index in [1.54, 1.807) is 6.07 Å². The molecular formula is C8H6Cl3NO. The molecule has 2 nitrogen and oxygen atoms in total. The Morgan fingerprint density at radius 2 is 2.00 bits per heavy atom. The first-order valence-electron chi connectivity index (χ1n) is 3.74. The van der Waals surface area contributed by atoms with Crippen LogP contribution in [0.25, 0.3) is 0 Å². The van der Waals surface area contributed by atoms with Crippen LogP contribution in [0.15, 0.2) is 6.07 Å². The Morgan fingerprint density at radius 1 is 1.23 bits per heavy atom. The van der Waals surface area contributed by atoms with Gasteiger partial charge in [0.15, 0.2) is 5.75 Å². The molecular weight excluding hydrogens is 232 g/mol. The molecule has 1 N–H and O–H groups in total. The lowest BCUT2D eigenvalue weighted by molar-refractivity contribution is 0.323. The van der Waals surface area contributed by atoms with E-state index in [1.807, 2.05) is 0 Å². The van der Waals surface area contributed by atoms with E-state index in [0.717, 1.165) is 0 Å². The van der Waals surface area contributed by atoms with Crippen LogP contribution in [-0.4, -0.2) is 13.2 Å². The van der Waals surface area contributed by atoms with Gasteiger partial charge in [0.1, 0.15) is 6.61 Å². The Bertz CT molecular complexity index is 354. The summed E-state index contributed by atoms with van der Waals surface area (Å²) in [4.78, 5) is 0. The number of benzene rings is 1. The molecule has 0 bridgehead atoms. The van der Waals surface area contributed by atoms with E-state index in [2.05, 4.69) is 5.32 Å².